The molecule has 1 amide bonds. The summed E-state index contributed by atoms with van der Waals surface area (Å²) in [4.78, 5) is 27.1. The van der Waals surface area contributed by atoms with Gasteiger partial charge in [-0.15, -0.1) is 0 Å². The van der Waals surface area contributed by atoms with Crippen LogP contribution < -0.4 is 15.2 Å². The number of nitrogens with zero attached hydrogens (tertiary/aromatic N) is 1. The predicted molar refractivity (Wildman–Crippen MR) is 104 cm³/mol. The molecule has 7 nitrogen and oxygen atoms in total. The summed E-state index contributed by atoms with van der Waals surface area (Å²) in [7, 11) is 0. The van der Waals surface area contributed by atoms with Crippen molar-refractivity contribution in [2.24, 2.45) is 10.7 Å². The topological polar surface area (TPSA) is 100 Å². The minimum Gasteiger partial charge on any atom is -0.491 e. The fraction of sp³-hybridized carbons (Fsp3) is 0.190. The third-order valence-electron chi connectivity index (χ3n) is 3.66. The minimum atomic E-state index is -0.550. The second kappa shape index (κ2) is 8.39. The van der Waals surface area contributed by atoms with Crippen LogP contribution in [0.3, 0.4) is 0 Å². The Labute approximate surface area is 162 Å². The number of hydrogen-bond acceptors (Lipinski definition) is 6. The summed E-state index contributed by atoms with van der Waals surface area (Å²) in [6.07, 6.45) is 1.69. The van der Waals surface area contributed by atoms with E-state index < -0.39 is 11.9 Å². The van der Waals surface area contributed by atoms with E-state index >= 15 is 0 Å². The number of carbonyl (C=O) groups excluding carboxylic acids is 2. The van der Waals surface area contributed by atoms with Gasteiger partial charge in [0.15, 0.2) is 12.3 Å². The summed E-state index contributed by atoms with van der Waals surface area (Å²) in [5.74, 6) is 0.409. The van der Waals surface area contributed by atoms with Crippen molar-refractivity contribution >= 4 is 23.9 Å². The molecule has 1 aliphatic heterocycles. The van der Waals surface area contributed by atoms with Gasteiger partial charge in [-0.05, 0) is 61.9 Å². The van der Waals surface area contributed by atoms with E-state index in [-0.39, 0.29) is 24.3 Å². The maximum atomic E-state index is 12.1. The van der Waals surface area contributed by atoms with Crippen molar-refractivity contribution in [3.63, 3.8) is 0 Å². The van der Waals surface area contributed by atoms with Gasteiger partial charge in [0.2, 0.25) is 5.90 Å². The maximum Gasteiger partial charge on any atom is 0.363 e. The van der Waals surface area contributed by atoms with Crippen molar-refractivity contribution < 1.29 is 23.8 Å². The molecule has 0 aliphatic carbocycles. The normalized spacial score (nSPS) is 14.8. The van der Waals surface area contributed by atoms with Gasteiger partial charge in [0.05, 0.1) is 6.10 Å². The quantitative estimate of drug-likeness (QED) is 0.588. The third-order valence-corrected chi connectivity index (χ3v) is 3.66. The average molecular weight is 380 g/mol. The van der Waals surface area contributed by atoms with Gasteiger partial charge in [-0.2, -0.15) is 0 Å². The Balaban J connectivity index is 1.73. The lowest BCUT2D eigenvalue weighted by atomic mass is 10.2. The monoisotopic (exact) mass is 380 g/mol. The van der Waals surface area contributed by atoms with Crippen molar-refractivity contribution in [2.45, 2.75) is 20.0 Å². The van der Waals surface area contributed by atoms with Crippen molar-refractivity contribution in [1.29, 1.82) is 0 Å². The number of primary amides is 1. The summed E-state index contributed by atoms with van der Waals surface area (Å²) >= 11 is 0. The Morgan fingerprint density at radius 2 is 1.75 bits per heavy atom. The molecule has 0 fully saturated rings. The van der Waals surface area contributed by atoms with E-state index in [1.807, 2.05) is 13.8 Å². The Morgan fingerprint density at radius 1 is 1.11 bits per heavy atom. The average Bonchev–Trinajstić information content (AvgIpc) is 3.02. The van der Waals surface area contributed by atoms with E-state index in [4.69, 9.17) is 19.9 Å². The van der Waals surface area contributed by atoms with Crippen LogP contribution in [0, 0.1) is 0 Å². The predicted octanol–water partition coefficient (Wildman–Crippen LogP) is 2.68. The smallest absolute Gasteiger partial charge is 0.363 e. The molecule has 144 valence electrons. The van der Waals surface area contributed by atoms with Gasteiger partial charge in [-0.25, -0.2) is 9.79 Å². The van der Waals surface area contributed by atoms with Gasteiger partial charge in [0, 0.05) is 5.56 Å². The third kappa shape index (κ3) is 4.97. The number of ether oxygens (including phenoxy) is 3. The molecular formula is C21H20N2O5. The minimum absolute atomic E-state index is 0.0783. The zero-order chi connectivity index (χ0) is 20.1. The summed E-state index contributed by atoms with van der Waals surface area (Å²) in [6.45, 7) is 3.70. The summed E-state index contributed by atoms with van der Waals surface area (Å²) < 4.78 is 16.1. The van der Waals surface area contributed by atoms with Crippen LogP contribution in [-0.4, -0.2) is 30.5 Å². The standard InChI is InChI=1S/C21H20N2O5/c1-13(2)27-17-9-5-15(6-10-17)20-23-18(21(25)28-20)11-14-3-7-16(8-4-14)26-12-19(22)24/h3-11,13H,12H2,1-2H3,(H2,22,24)/b18-11-. The van der Waals surface area contributed by atoms with Crippen molar-refractivity contribution in [3.8, 4) is 11.5 Å². The summed E-state index contributed by atoms with van der Waals surface area (Å²) in [6, 6.07) is 14.0. The molecule has 2 N–H and O–H groups in total. The number of amides is 1. The largest absolute Gasteiger partial charge is 0.491 e. The first-order chi connectivity index (χ1) is 13.4. The van der Waals surface area contributed by atoms with E-state index in [0.29, 0.717) is 11.3 Å². The molecule has 0 spiro atoms. The van der Waals surface area contributed by atoms with Gasteiger partial charge in [-0.1, -0.05) is 12.1 Å². The van der Waals surface area contributed by atoms with Crippen LogP contribution in [0.25, 0.3) is 6.08 Å². The SMILES string of the molecule is CC(C)Oc1ccc(C2=N/C(=C\c3ccc(OCC(N)=O)cc3)C(=O)O2)cc1. The maximum absolute atomic E-state index is 12.1. The molecule has 0 unspecified atom stereocenters. The lowest BCUT2D eigenvalue weighted by Gasteiger charge is -2.09. The fourth-order valence-corrected chi connectivity index (χ4v) is 2.45. The van der Waals surface area contributed by atoms with Crippen molar-refractivity contribution in [2.75, 3.05) is 6.61 Å². The van der Waals surface area contributed by atoms with Crippen LogP contribution in [0.4, 0.5) is 0 Å². The van der Waals surface area contributed by atoms with Crippen LogP contribution in [0.2, 0.25) is 0 Å². The second-order valence-electron chi connectivity index (χ2n) is 6.35. The Bertz CT molecular complexity index is 928. The lowest BCUT2D eigenvalue weighted by molar-refractivity contribution is -0.130. The first-order valence-corrected chi connectivity index (χ1v) is 8.71. The zero-order valence-electron chi connectivity index (χ0n) is 15.5. The molecule has 0 aromatic heterocycles. The van der Waals surface area contributed by atoms with Gasteiger partial charge >= 0.3 is 5.97 Å². The van der Waals surface area contributed by atoms with Crippen LogP contribution in [0.5, 0.6) is 11.5 Å². The van der Waals surface area contributed by atoms with Crippen LogP contribution in [-0.2, 0) is 14.3 Å². The first kappa shape index (κ1) is 19.2. The molecule has 3 rings (SSSR count). The highest BCUT2D eigenvalue weighted by Gasteiger charge is 2.24. The molecule has 0 saturated heterocycles. The molecule has 2 aromatic carbocycles. The second-order valence-corrected chi connectivity index (χ2v) is 6.35. The molecule has 7 heteroatoms. The van der Waals surface area contributed by atoms with E-state index in [1.165, 1.54) is 0 Å². The highest BCUT2D eigenvalue weighted by molar-refractivity contribution is 6.12. The number of cyclic esters (lactones) is 1. The number of hydrogen-bond donors (Lipinski definition) is 1. The molecule has 0 radical (unpaired) electrons. The highest BCUT2D eigenvalue weighted by Crippen LogP contribution is 2.22. The first-order valence-electron chi connectivity index (χ1n) is 8.71. The van der Waals surface area contributed by atoms with E-state index in [1.54, 1.807) is 54.6 Å². The Kier molecular flexibility index (Phi) is 5.74. The van der Waals surface area contributed by atoms with Gasteiger partial charge < -0.3 is 19.9 Å². The van der Waals surface area contributed by atoms with Crippen molar-refractivity contribution in [1.82, 2.24) is 0 Å². The Hall–Kier alpha value is -3.61. The lowest BCUT2D eigenvalue weighted by Crippen LogP contribution is -2.19. The van der Waals surface area contributed by atoms with Gasteiger partial charge in [0.25, 0.3) is 5.91 Å². The van der Waals surface area contributed by atoms with Gasteiger partial charge in [0.1, 0.15) is 11.5 Å². The van der Waals surface area contributed by atoms with Crippen LogP contribution >= 0.6 is 0 Å². The number of nitrogens with two attached hydrogens (primary N) is 1. The molecule has 28 heavy (non-hydrogen) atoms. The molecule has 2 aromatic rings. The highest BCUT2D eigenvalue weighted by atomic mass is 16.6. The number of rotatable bonds is 7. The Morgan fingerprint density at radius 3 is 2.36 bits per heavy atom. The summed E-state index contributed by atoms with van der Waals surface area (Å²) in [5.41, 5.74) is 6.66. The number of esters is 1. The molecule has 1 heterocycles. The summed E-state index contributed by atoms with van der Waals surface area (Å²) in [5, 5.41) is 0. The number of aliphatic imine (C=N–C) groups is 1. The zero-order valence-corrected chi connectivity index (χ0v) is 15.5. The van der Waals surface area contributed by atoms with E-state index in [9.17, 15) is 9.59 Å². The number of benzene rings is 2. The molecule has 0 saturated carbocycles. The fourth-order valence-electron chi connectivity index (χ4n) is 2.45. The van der Waals surface area contributed by atoms with Crippen LogP contribution in [0.15, 0.2) is 59.2 Å². The molecule has 1 aliphatic rings. The van der Waals surface area contributed by atoms with E-state index in [0.717, 1.165) is 11.3 Å². The van der Waals surface area contributed by atoms with Crippen LogP contribution in [0.1, 0.15) is 25.0 Å². The van der Waals surface area contributed by atoms with Crippen molar-refractivity contribution in [3.05, 3.63) is 65.4 Å². The van der Waals surface area contributed by atoms with E-state index in [2.05, 4.69) is 4.99 Å². The molecule has 0 bridgehead atoms. The number of carbonyl (C=O) groups is 2. The molecular weight excluding hydrogens is 360 g/mol. The molecule has 0 atom stereocenters. The van der Waals surface area contributed by atoms with Gasteiger partial charge in [-0.3, -0.25) is 4.79 Å².